The van der Waals surface area contributed by atoms with E-state index in [9.17, 15) is 19.2 Å². The summed E-state index contributed by atoms with van der Waals surface area (Å²) in [4.78, 5) is 39.5. The van der Waals surface area contributed by atoms with E-state index < -0.39 is 0 Å². The third-order valence-electron chi connectivity index (χ3n) is 1.95. The van der Waals surface area contributed by atoms with Gasteiger partial charge in [0.05, 0.1) is 26.9 Å². The summed E-state index contributed by atoms with van der Waals surface area (Å²) in [7, 11) is 1.35. The van der Waals surface area contributed by atoms with Crippen LogP contribution in [-0.4, -0.2) is 50.8 Å². The Morgan fingerprint density at radius 3 is 1.15 bits per heavy atom. The first-order chi connectivity index (χ1) is 12.1. The molecule has 156 valence electrons. The number of carbonyl (C=O) groups is 4. The average molecular weight is 380 g/mol. The van der Waals surface area contributed by atoms with Crippen LogP contribution in [-0.2, 0) is 38.1 Å². The first-order valence-electron chi connectivity index (χ1n) is 8.53. The molecule has 0 saturated heterocycles. The van der Waals surface area contributed by atoms with Gasteiger partial charge in [-0.3, -0.25) is 19.2 Å². The number of hydrogen-bond donors (Lipinski definition) is 0. The molecule has 0 rings (SSSR count). The van der Waals surface area contributed by atoms with Gasteiger partial charge in [0.2, 0.25) is 0 Å². The van der Waals surface area contributed by atoms with Crippen molar-refractivity contribution in [2.45, 2.75) is 67.7 Å². The standard InChI is InChI=1S/C6H12O2.C5H10O2.C4H8O2.C3H6O2/c1-3-4-5-8-6(2)7;1-3-4-7-5(2)6;1-3-6-4(2)5;1-3(4)5-2/h3-5H2,1-2H3;3-4H2,1-2H3;3H2,1-2H3;1-2H3. The lowest BCUT2D eigenvalue weighted by Gasteiger charge is -1.96. The highest BCUT2D eigenvalue weighted by Crippen LogP contribution is 1.86. The molecule has 0 aromatic carbocycles. The zero-order chi connectivity index (χ0) is 21.4. The molecular weight excluding hydrogens is 344 g/mol. The van der Waals surface area contributed by atoms with Crippen molar-refractivity contribution in [2.75, 3.05) is 26.9 Å². The normalized spacial score (nSPS) is 8.00. The van der Waals surface area contributed by atoms with Crippen molar-refractivity contribution < 1.29 is 38.1 Å². The molecule has 0 atom stereocenters. The van der Waals surface area contributed by atoms with Crippen molar-refractivity contribution in [3.8, 4) is 0 Å². The zero-order valence-electron chi connectivity index (χ0n) is 17.5. The van der Waals surface area contributed by atoms with Crippen molar-refractivity contribution >= 4 is 23.9 Å². The molecule has 0 bridgehead atoms. The van der Waals surface area contributed by atoms with Gasteiger partial charge in [0, 0.05) is 27.7 Å². The van der Waals surface area contributed by atoms with Gasteiger partial charge in [0.1, 0.15) is 0 Å². The maximum Gasteiger partial charge on any atom is 0.302 e. The molecule has 8 heteroatoms. The Bertz CT molecular complexity index is 353. The molecular formula is C18H36O8. The summed E-state index contributed by atoms with van der Waals surface area (Å²) >= 11 is 0. The minimum absolute atomic E-state index is 0.182. The predicted molar refractivity (Wildman–Crippen MR) is 98.5 cm³/mol. The summed E-state index contributed by atoms with van der Waals surface area (Å²) in [5, 5.41) is 0. The average Bonchev–Trinajstić information content (AvgIpc) is 2.54. The van der Waals surface area contributed by atoms with Crippen LogP contribution in [0.3, 0.4) is 0 Å². The molecule has 0 aliphatic heterocycles. The Balaban J connectivity index is -0.000000126. The van der Waals surface area contributed by atoms with Crippen molar-refractivity contribution in [1.29, 1.82) is 0 Å². The molecule has 0 amide bonds. The molecule has 0 saturated carbocycles. The van der Waals surface area contributed by atoms with Crippen LogP contribution in [0.5, 0.6) is 0 Å². The fourth-order valence-corrected chi connectivity index (χ4v) is 0.809. The number of ether oxygens (including phenoxy) is 4. The van der Waals surface area contributed by atoms with Gasteiger partial charge in [0.15, 0.2) is 0 Å². The third-order valence-corrected chi connectivity index (χ3v) is 1.95. The molecule has 0 aliphatic rings. The molecule has 0 aromatic rings. The highest BCUT2D eigenvalue weighted by atomic mass is 16.5. The van der Waals surface area contributed by atoms with Gasteiger partial charge in [-0.15, -0.1) is 0 Å². The Kier molecular flexibility index (Phi) is 33.7. The van der Waals surface area contributed by atoms with Crippen LogP contribution < -0.4 is 0 Å². The van der Waals surface area contributed by atoms with Crippen molar-refractivity contribution in [2.24, 2.45) is 0 Å². The summed E-state index contributed by atoms with van der Waals surface area (Å²) in [5.74, 6) is -0.831. The predicted octanol–water partition coefficient (Wildman–Crippen LogP) is 3.06. The lowest BCUT2D eigenvalue weighted by Crippen LogP contribution is -1.99. The van der Waals surface area contributed by atoms with Gasteiger partial charge in [-0.05, 0) is 19.8 Å². The lowest BCUT2D eigenvalue weighted by molar-refractivity contribution is -0.141. The van der Waals surface area contributed by atoms with E-state index in [0.717, 1.165) is 19.3 Å². The van der Waals surface area contributed by atoms with Crippen LogP contribution in [0.4, 0.5) is 0 Å². The Morgan fingerprint density at radius 2 is 1.00 bits per heavy atom. The number of esters is 4. The molecule has 0 aromatic heterocycles. The van der Waals surface area contributed by atoms with Gasteiger partial charge in [-0.25, -0.2) is 0 Å². The summed E-state index contributed by atoms with van der Waals surface area (Å²) in [6.45, 7) is 13.0. The van der Waals surface area contributed by atoms with E-state index in [-0.39, 0.29) is 23.9 Å². The summed E-state index contributed by atoms with van der Waals surface area (Å²) < 4.78 is 17.7. The third kappa shape index (κ3) is 67.6. The SMILES string of the molecule is CCCCOC(C)=O.CCCOC(C)=O.CCOC(C)=O.COC(C)=O. The lowest BCUT2D eigenvalue weighted by atomic mass is 10.4. The maximum atomic E-state index is 10.1. The number of unbranched alkanes of at least 4 members (excludes halogenated alkanes) is 1. The minimum Gasteiger partial charge on any atom is -0.469 e. The van der Waals surface area contributed by atoms with Gasteiger partial charge < -0.3 is 18.9 Å². The largest absolute Gasteiger partial charge is 0.469 e. The Morgan fingerprint density at radius 1 is 0.615 bits per heavy atom. The maximum absolute atomic E-state index is 10.1. The highest BCUT2D eigenvalue weighted by Gasteiger charge is 1.88. The van der Waals surface area contributed by atoms with Gasteiger partial charge >= 0.3 is 23.9 Å². The van der Waals surface area contributed by atoms with Crippen LogP contribution in [0.25, 0.3) is 0 Å². The van der Waals surface area contributed by atoms with Crippen molar-refractivity contribution in [3.05, 3.63) is 0 Å². The Hall–Kier alpha value is -2.12. The second-order valence-electron chi connectivity index (χ2n) is 4.65. The molecule has 0 radical (unpaired) electrons. The molecule has 26 heavy (non-hydrogen) atoms. The van der Waals surface area contributed by atoms with Gasteiger partial charge in [-0.2, -0.15) is 0 Å². The summed E-state index contributed by atoms with van der Waals surface area (Å²) in [6.07, 6.45) is 2.95. The van der Waals surface area contributed by atoms with Crippen LogP contribution in [0.15, 0.2) is 0 Å². The smallest absolute Gasteiger partial charge is 0.302 e. The van der Waals surface area contributed by atoms with Crippen LogP contribution in [0.1, 0.15) is 67.7 Å². The quantitative estimate of drug-likeness (QED) is 0.393. The van der Waals surface area contributed by atoms with Crippen molar-refractivity contribution in [3.63, 3.8) is 0 Å². The van der Waals surface area contributed by atoms with Gasteiger partial charge in [-0.1, -0.05) is 20.3 Å². The van der Waals surface area contributed by atoms with E-state index in [2.05, 4.69) is 25.9 Å². The second-order valence-corrected chi connectivity index (χ2v) is 4.65. The Labute approximate surface area is 157 Å². The van der Waals surface area contributed by atoms with Gasteiger partial charge in [0.25, 0.3) is 0 Å². The monoisotopic (exact) mass is 380 g/mol. The second kappa shape index (κ2) is 27.7. The van der Waals surface area contributed by atoms with E-state index in [1.807, 2.05) is 6.92 Å². The molecule has 0 aliphatic carbocycles. The van der Waals surface area contributed by atoms with Crippen LogP contribution in [0.2, 0.25) is 0 Å². The molecule has 0 unspecified atom stereocenters. The van der Waals surface area contributed by atoms with E-state index in [0.29, 0.717) is 19.8 Å². The topological polar surface area (TPSA) is 105 Å². The molecule has 0 N–H and O–H groups in total. The summed E-state index contributed by atoms with van der Waals surface area (Å²) in [6, 6.07) is 0. The van der Waals surface area contributed by atoms with E-state index >= 15 is 0 Å². The number of methoxy groups -OCH3 is 1. The fraction of sp³-hybridized carbons (Fsp3) is 0.778. The number of rotatable bonds is 6. The zero-order valence-corrected chi connectivity index (χ0v) is 17.5. The van der Waals surface area contributed by atoms with E-state index in [1.165, 1.54) is 34.8 Å². The highest BCUT2D eigenvalue weighted by molar-refractivity contribution is 5.66. The van der Waals surface area contributed by atoms with Crippen LogP contribution >= 0.6 is 0 Å². The minimum atomic E-state index is -0.245. The van der Waals surface area contributed by atoms with Crippen LogP contribution in [0, 0.1) is 0 Å². The number of carbonyl (C=O) groups excluding carboxylic acids is 4. The molecule has 0 fully saturated rings. The van der Waals surface area contributed by atoms with E-state index in [1.54, 1.807) is 6.92 Å². The first-order valence-corrected chi connectivity index (χ1v) is 8.53. The number of hydrogen-bond acceptors (Lipinski definition) is 8. The molecule has 0 heterocycles. The summed E-state index contributed by atoms with van der Waals surface area (Å²) in [5.41, 5.74) is 0. The molecule has 0 spiro atoms. The van der Waals surface area contributed by atoms with E-state index in [4.69, 9.17) is 0 Å². The van der Waals surface area contributed by atoms with Crippen molar-refractivity contribution in [1.82, 2.24) is 0 Å². The first kappa shape index (κ1) is 31.6. The molecule has 8 nitrogen and oxygen atoms in total. The fourth-order valence-electron chi connectivity index (χ4n) is 0.809.